The van der Waals surface area contributed by atoms with Crippen molar-refractivity contribution in [2.75, 3.05) is 4.90 Å². The van der Waals surface area contributed by atoms with Crippen molar-refractivity contribution in [3.05, 3.63) is 65.0 Å². The zero-order valence-corrected chi connectivity index (χ0v) is 17.3. The lowest BCUT2D eigenvalue weighted by atomic mass is 10.1. The quantitative estimate of drug-likeness (QED) is 0.605. The van der Waals surface area contributed by atoms with Gasteiger partial charge in [0.05, 0.1) is 5.69 Å². The predicted octanol–water partition coefficient (Wildman–Crippen LogP) is 3.16. The zero-order chi connectivity index (χ0) is 21.7. The molecule has 0 bridgehead atoms. The summed E-state index contributed by atoms with van der Waals surface area (Å²) in [7, 11) is 0. The summed E-state index contributed by atoms with van der Waals surface area (Å²) in [5.74, 6) is 0.0200. The Kier molecular flexibility index (Phi) is 4.39. The summed E-state index contributed by atoms with van der Waals surface area (Å²) in [4.78, 5) is 31.7. The first-order chi connectivity index (χ1) is 14.9. The summed E-state index contributed by atoms with van der Waals surface area (Å²) in [5, 5.41) is 13.6. The van der Waals surface area contributed by atoms with E-state index in [4.69, 9.17) is 4.52 Å². The van der Waals surface area contributed by atoms with Crippen molar-refractivity contribution < 1.29 is 14.1 Å². The maximum absolute atomic E-state index is 13.1. The van der Waals surface area contributed by atoms with Crippen molar-refractivity contribution in [2.24, 2.45) is 10.3 Å². The molecule has 1 fully saturated rings. The molecule has 0 spiro atoms. The molecule has 2 aliphatic heterocycles. The molecule has 2 atom stereocenters. The Labute approximate surface area is 178 Å². The molecular weight excluding hydrogens is 396 g/mol. The normalized spacial score (nSPS) is 20.1. The van der Waals surface area contributed by atoms with E-state index < -0.39 is 12.1 Å². The highest BCUT2D eigenvalue weighted by Gasteiger charge is 2.55. The van der Waals surface area contributed by atoms with Gasteiger partial charge in [0.15, 0.2) is 12.1 Å². The number of rotatable bonds is 4. The van der Waals surface area contributed by atoms with Gasteiger partial charge in [-0.1, -0.05) is 40.7 Å². The largest absolute Gasteiger partial charge is 0.337 e. The molecule has 0 N–H and O–H groups in total. The van der Waals surface area contributed by atoms with Gasteiger partial charge in [-0.15, -0.1) is 0 Å². The topological polar surface area (TPSA) is 104 Å². The fourth-order valence-electron chi connectivity index (χ4n) is 3.86. The SMILES string of the molecule is Cc1ccc(N2C(=O)[C@@H]3[C@@H](N=NN3Cc3nc(-c4ccccc4C)no3)C2=O)cc1C. The molecule has 31 heavy (non-hydrogen) atoms. The molecule has 5 rings (SSSR count). The van der Waals surface area contributed by atoms with Crippen molar-refractivity contribution in [1.82, 2.24) is 15.1 Å². The average molecular weight is 416 g/mol. The minimum Gasteiger partial charge on any atom is -0.337 e. The number of benzene rings is 2. The number of carbonyl (C=O) groups excluding carboxylic acids is 2. The van der Waals surface area contributed by atoms with Crippen LogP contribution in [0.1, 0.15) is 22.6 Å². The molecule has 3 heterocycles. The van der Waals surface area contributed by atoms with Gasteiger partial charge in [0.25, 0.3) is 11.8 Å². The average Bonchev–Trinajstić information content (AvgIpc) is 3.43. The Bertz CT molecular complexity index is 1230. The van der Waals surface area contributed by atoms with Crippen molar-refractivity contribution in [3.63, 3.8) is 0 Å². The highest BCUT2D eigenvalue weighted by molar-refractivity contribution is 6.25. The minimum absolute atomic E-state index is 0.0866. The van der Waals surface area contributed by atoms with Gasteiger partial charge in [-0.3, -0.25) is 14.6 Å². The minimum atomic E-state index is -0.868. The van der Waals surface area contributed by atoms with Gasteiger partial charge in [-0.05, 0) is 49.6 Å². The summed E-state index contributed by atoms with van der Waals surface area (Å²) >= 11 is 0. The first-order valence-corrected chi connectivity index (χ1v) is 9.95. The van der Waals surface area contributed by atoms with Gasteiger partial charge in [-0.25, -0.2) is 4.90 Å². The molecule has 2 aliphatic rings. The number of aromatic nitrogens is 2. The van der Waals surface area contributed by atoms with E-state index in [1.165, 1.54) is 9.91 Å². The Hall–Kier alpha value is -3.88. The number of aryl methyl sites for hydroxylation is 3. The van der Waals surface area contributed by atoms with E-state index in [1.807, 2.05) is 57.2 Å². The van der Waals surface area contributed by atoms with Crippen LogP contribution in [0.25, 0.3) is 11.4 Å². The fourth-order valence-corrected chi connectivity index (χ4v) is 3.86. The third-order valence-corrected chi connectivity index (χ3v) is 5.76. The van der Waals surface area contributed by atoms with Gasteiger partial charge in [0.1, 0.15) is 6.54 Å². The molecule has 2 amide bonds. The van der Waals surface area contributed by atoms with E-state index in [2.05, 4.69) is 20.5 Å². The van der Waals surface area contributed by atoms with Crippen LogP contribution < -0.4 is 4.90 Å². The van der Waals surface area contributed by atoms with E-state index in [9.17, 15) is 9.59 Å². The molecule has 9 heteroatoms. The second kappa shape index (κ2) is 7.12. The van der Waals surface area contributed by atoms with Crippen LogP contribution in [-0.2, 0) is 16.1 Å². The molecule has 9 nitrogen and oxygen atoms in total. The van der Waals surface area contributed by atoms with Gasteiger partial charge < -0.3 is 4.52 Å². The van der Waals surface area contributed by atoms with Crippen LogP contribution in [0.5, 0.6) is 0 Å². The van der Waals surface area contributed by atoms with E-state index in [0.717, 1.165) is 22.3 Å². The van der Waals surface area contributed by atoms with E-state index in [-0.39, 0.29) is 18.4 Å². The van der Waals surface area contributed by atoms with E-state index in [0.29, 0.717) is 17.4 Å². The number of anilines is 1. The Balaban J connectivity index is 1.38. The van der Waals surface area contributed by atoms with Crippen molar-refractivity contribution in [3.8, 4) is 11.4 Å². The Morgan fingerprint density at radius 2 is 1.77 bits per heavy atom. The maximum atomic E-state index is 13.1. The van der Waals surface area contributed by atoms with Crippen LogP contribution in [0.4, 0.5) is 5.69 Å². The molecule has 3 aromatic rings. The van der Waals surface area contributed by atoms with Gasteiger partial charge in [-0.2, -0.15) is 10.1 Å². The Morgan fingerprint density at radius 3 is 2.55 bits per heavy atom. The number of imide groups is 1. The molecule has 156 valence electrons. The molecule has 0 saturated carbocycles. The highest BCUT2D eigenvalue weighted by atomic mass is 16.5. The highest BCUT2D eigenvalue weighted by Crippen LogP contribution is 2.33. The number of amides is 2. The summed E-state index contributed by atoms with van der Waals surface area (Å²) < 4.78 is 5.37. The van der Waals surface area contributed by atoms with Crippen molar-refractivity contribution >= 4 is 17.5 Å². The second-order valence-electron chi connectivity index (χ2n) is 7.80. The third-order valence-electron chi connectivity index (χ3n) is 5.76. The van der Waals surface area contributed by atoms with Crippen molar-refractivity contribution in [2.45, 2.75) is 39.4 Å². The first kappa shape index (κ1) is 19.1. The number of hydrogen-bond donors (Lipinski definition) is 0. The molecule has 1 saturated heterocycles. The molecule has 0 aliphatic carbocycles. The molecule has 2 aromatic carbocycles. The smallest absolute Gasteiger partial charge is 0.263 e. The zero-order valence-electron chi connectivity index (χ0n) is 17.3. The summed E-state index contributed by atoms with van der Waals surface area (Å²) in [6, 6.07) is 11.5. The first-order valence-electron chi connectivity index (χ1n) is 9.95. The van der Waals surface area contributed by atoms with Gasteiger partial charge >= 0.3 is 0 Å². The lowest BCUT2D eigenvalue weighted by molar-refractivity contribution is -0.123. The van der Waals surface area contributed by atoms with Gasteiger partial charge in [0.2, 0.25) is 11.7 Å². The number of fused-ring (bicyclic) bond motifs is 1. The Morgan fingerprint density at radius 1 is 0.968 bits per heavy atom. The summed E-state index contributed by atoms with van der Waals surface area (Å²) in [6.45, 7) is 5.98. The summed E-state index contributed by atoms with van der Waals surface area (Å²) in [5.41, 5.74) is 4.53. The second-order valence-corrected chi connectivity index (χ2v) is 7.80. The van der Waals surface area contributed by atoms with Crippen LogP contribution in [0.2, 0.25) is 0 Å². The lowest BCUT2D eigenvalue weighted by Crippen LogP contribution is -2.39. The van der Waals surface area contributed by atoms with Crippen molar-refractivity contribution in [1.29, 1.82) is 0 Å². The van der Waals surface area contributed by atoms with E-state index in [1.54, 1.807) is 6.07 Å². The monoisotopic (exact) mass is 416 g/mol. The standard InChI is InChI=1S/C22H20N6O3/c1-12-8-9-15(10-14(12)3)28-21(29)18-19(22(28)30)27(26-24-18)11-17-23-20(25-31-17)16-7-5-4-6-13(16)2/h4-10,18-19H,11H2,1-3H3/t18-,19+/m1/s1. The number of hydrogen-bond acceptors (Lipinski definition) is 8. The van der Waals surface area contributed by atoms with Crippen LogP contribution in [0.3, 0.4) is 0 Å². The van der Waals surface area contributed by atoms with Crippen LogP contribution in [0.15, 0.2) is 57.3 Å². The molecule has 1 aromatic heterocycles. The number of nitrogens with zero attached hydrogens (tertiary/aromatic N) is 6. The van der Waals surface area contributed by atoms with E-state index >= 15 is 0 Å². The fraction of sp³-hybridized carbons (Fsp3) is 0.273. The van der Waals surface area contributed by atoms with Crippen LogP contribution in [0, 0.1) is 20.8 Å². The molecular formula is C22H20N6O3. The molecule has 0 unspecified atom stereocenters. The van der Waals surface area contributed by atoms with Crippen LogP contribution in [-0.4, -0.2) is 39.0 Å². The molecule has 0 radical (unpaired) electrons. The van der Waals surface area contributed by atoms with Crippen LogP contribution >= 0.6 is 0 Å². The summed E-state index contributed by atoms with van der Waals surface area (Å²) in [6.07, 6.45) is 0. The van der Waals surface area contributed by atoms with Gasteiger partial charge in [0, 0.05) is 5.56 Å². The maximum Gasteiger partial charge on any atom is 0.263 e. The number of carbonyl (C=O) groups is 2. The predicted molar refractivity (Wildman–Crippen MR) is 111 cm³/mol. The third kappa shape index (κ3) is 3.09. The lowest BCUT2D eigenvalue weighted by Gasteiger charge is -2.19.